The molecule has 0 bridgehead atoms. The summed E-state index contributed by atoms with van der Waals surface area (Å²) in [6.07, 6.45) is 1.58. The van der Waals surface area contributed by atoms with Crippen LogP contribution in [0.15, 0.2) is 64.7 Å². The second kappa shape index (κ2) is 9.01. The van der Waals surface area contributed by atoms with Crippen molar-refractivity contribution < 1.29 is 18.7 Å². The SMILES string of the molecule is COc1ccccc1N1C(=O)/C(=C\c2ccc(COc3c(Cl)cccc3Cl)o2)NC1=S. The molecule has 31 heavy (non-hydrogen) atoms. The zero-order valence-corrected chi connectivity index (χ0v) is 18.6. The molecule has 6 nitrogen and oxygen atoms in total. The number of methoxy groups -OCH3 is 1. The number of thiocarbonyl (C=S) groups is 1. The van der Waals surface area contributed by atoms with Crippen LogP contribution in [0.3, 0.4) is 0 Å². The van der Waals surface area contributed by atoms with E-state index in [1.165, 1.54) is 12.0 Å². The van der Waals surface area contributed by atoms with Gasteiger partial charge in [-0.15, -0.1) is 0 Å². The minimum atomic E-state index is -0.313. The van der Waals surface area contributed by atoms with Crippen LogP contribution in [0.2, 0.25) is 10.0 Å². The summed E-state index contributed by atoms with van der Waals surface area (Å²) in [4.78, 5) is 14.3. The summed E-state index contributed by atoms with van der Waals surface area (Å²) in [5.41, 5.74) is 0.841. The van der Waals surface area contributed by atoms with Crippen molar-refractivity contribution in [2.75, 3.05) is 12.0 Å². The van der Waals surface area contributed by atoms with Crippen molar-refractivity contribution in [1.29, 1.82) is 0 Å². The van der Waals surface area contributed by atoms with E-state index in [9.17, 15) is 4.79 Å². The van der Waals surface area contributed by atoms with Crippen LogP contribution in [-0.4, -0.2) is 18.1 Å². The van der Waals surface area contributed by atoms with E-state index in [2.05, 4.69) is 5.32 Å². The zero-order chi connectivity index (χ0) is 22.0. The predicted molar refractivity (Wildman–Crippen MR) is 124 cm³/mol. The summed E-state index contributed by atoms with van der Waals surface area (Å²) in [6.45, 7) is 0.125. The number of benzene rings is 2. The number of hydrogen-bond donors (Lipinski definition) is 1. The number of hydrogen-bond acceptors (Lipinski definition) is 5. The van der Waals surface area contributed by atoms with Gasteiger partial charge in [0.2, 0.25) is 0 Å². The van der Waals surface area contributed by atoms with Gasteiger partial charge >= 0.3 is 0 Å². The Kier molecular flexibility index (Phi) is 6.18. The smallest absolute Gasteiger partial charge is 0.281 e. The van der Waals surface area contributed by atoms with Crippen LogP contribution >= 0.6 is 35.4 Å². The number of ether oxygens (including phenoxy) is 2. The Morgan fingerprint density at radius 1 is 1.10 bits per heavy atom. The Labute approximate surface area is 193 Å². The first kappa shape index (κ1) is 21.2. The van der Waals surface area contributed by atoms with Gasteiger partial charge in [0.1, 0.15) is 29.6 Å². The molecule has 1 aromatic heterocycles. The molecule has 1 aliphatic heterocycles. The second-order valence-corrected chi connectivity index (χ2v) is 7.65. The van der Waals surface area contributed by atoms with Crippen molar-refractivity contribution in [2.45, 2.75) is 6.61 Å². The van der Waals surface area contributed by atoms with E-state index >= 15 is 0 Å². The molecule has 1 amide bonds. The topological polar surface area (TPSA) is 63.9 Å². The molecule has 0 unspecified atom stereocenters. The highest BCUT2D eigenvalue weighted by atomic mass is 35.5. The molecule has 0 spiro atoms. The minimum absolute atomic E-state index is 0.125. The van der Waals surface area contributed by atoms with Crippen LogP contribution in [0, 0.1) is 0 Å². The molecule has 0 saturated carbocycles. The van der Waals surface area contributed by atoms with Crippen LogP contribution in [0.1, 0.15) is 11.5 Å². The molecule has 1 fully saturated rings. The third-order valence-corrected chi connectivity index (χ3v) is 5.33. The summed E-state index contributed by atoms with van der Waals surface area (Å²) in [5.74, 6) is 1.61. The highest BCUT2D eigenvalue weighted by Crippen LogP contribution is 2.33. The number of amides is 1. The van der Waals surface area contributed by atoms with E-state index < -0.39 is 0 Å². The number of carbonyl (C=O) groups is 1. The van der Waals surface area contributed by atoms with E-state index in [1.807, 2.05) is 6.07 Å². The third kappa shape index (κ3) is 4.39. The quantitative estimate of drug-likeness (QED) is 0.379. The Balaban J connectivity index is 1.50. The van der Waals surface area contributed by atoms with Gasteiger partial charge in [-0.3, -0.25) is 4.79 Å². The van der Waals surface area contributed by atoms with Crippen LogP contribution in [0.4, 0.5) is 5.69 Å². The van der Waals surface area contributed by atoms with Gasteiger partial charge in [0, 0.05) is 6.08 Å². The standard InChI is InChI=1S/C22H16Cl2N2O4S/c1-28-19-8-3-2-7-18(19)26-21(27)17(25-22(26)31)11-13-9-10-14(30-13)12-29-20-15(23)5-4-6-16(20)24/h2-11H,12H2,1H3,(H,25,31)/b17-11+. The van der Waals surface area contributed by atoms with E-state index in [0.717, 1.165) is 0 Å². The summed E-state index contributed by atoms with van der Waals surface area (Å²) in [7, 11) is 1.54. The van der Waals surface area contributed by atoms with Crippen molar-refractivity contribution in [1.82, 2.24) is 5.32 Å². The molecule has 158 valence electrons. The number of anilines is 1. The molecule has 1 saturated heterocycles. The molecular weight excluding hydrogens is 459 g/mol. The van der Waals surface area contributed by atoms with Crippen molar-refractivity contribution in [3.8, 4) is 11.5 Å². The molecule has 1 aliphatic rings. The van der Waals surface area contributed by atoms with Crippen molar-refractivity contribution in [2.24, 2.45) is 0 Å². The molecular formula is C22H16Cl2N2O4S. The summed E-state index contributed by atoms with van der Waals surface area (Å²) in [5, 5.41) is 3.99. The van der Waals surface area contributed by atoms with Gasteiger partial charge in [-0.25, -0.2) is 4.90 Å². The molecule has 1 N–H and O–H groups in total. The van der Waals surface area contributed by atoms with Crippen LogP contribution in [-0.2, 0) is 11.4 Å². The fourth-order valence-corrected chi connectivity index (χ4v) is 3.82. The fourth-order valence-electron chi connectivity index (χ4n) is 3.02. The summed E-state index contributed by atoms with van der Waals surface area (Å²) in [6, 6.07) is 15.7. The highest BCUT2D eigenvalue weighted by molar-refractivity contribution is 7.80. The maximum Gasteiger partial charge on any atom is 0.281 e. The van der Waals surface area contributed by atoms with Crippen LogP contribution in [0.25, 0.3) is 6.08 Å². The normalized spacial score (nSPS) is 14.8. The number of para-hydroxylation sites is 3. The van der Waals surface area contributed by atoms with Gasteiger partial charge in [0.15, 0.2) is 10.9 Å². The Bertz CT molecular complexity index is 1170. The summed E-state index contributed by atoms with van der Waals surface area (Å²) >= 11 is 17.6. The number of furan rings is 1. The molecule has 3 aromatic rings. The lowest BCUT2D eigenvalue weighted by Gasteiger charge is -2.17. The molecule has 2 heterocycles. The van der Waals surface area contributed by atoms with E-state index in [0.29, 0.717) is 38.8 Å². The minimum Gasteiger partial charge on any atom is -0.495 e. The van der Waals surface area contributed by atoms with Gasteiger partial charge in [-0.05, 0) is 48.6 Å². The lowest BCUT2D eigenvalue weighted by Crippen LogP contribution is -2.30. The first-order valence-electron chi connectivity index (χ1n) is 9.13. The number of rotatable bonds is 6. The number of halogens is 2. The molecule has 0 radical (unpaired) electrons. The van der Waals surface area contributed by atoms with E-state index in [1.54, 1.807) is 54.6 Å². The maximum atomic E-state index is 12.9. The monoisotopic (exact) mass is 474 g/mol. The Morgan fingerprint density at radius 2 is 1.84 bits per heavy atom. The van der Waals surface area contributed by atoms with Crippen molar-refractivity contribution >= 4 is 58.2 Å². The number of carbonyl (C=O) groups excluding carboxylic acids is 1. The highest BCUT2D eigenvalue weighted by Gasteiger charge is 2.33. The molecule has 0 atom stereocenters. The lowest BCUT2D eigenvalue weighted by atomic mass is 10.2. The predicted octanol–water partition coefficient (Wildman–Crippen LogP) is 5.44. The van der Waals surface area contributed by atoms with Gasteiger partial charge in [0.25, 0.3) is 5.91 Å². The van der Waals surface area contributed by atoms with Gasteiger partial charge in [-0.2, -0.15) is 0 Å². The zero-order valence-electron chi connectivity index (χ0n) is 16.2. The molecule has 0 aliphatic carbocycles. The third-order valence-electron chi connectivity index (χ3n) is 4.45. The van der Waals surface area contributed by atoms with Gasteiger partial charge in [0.05, 0.1) is 22.8 Å². The van der Waals surface area contributed by atoms with Crippen LogP contribution < -0.4 is 19.7 Å². The van der Waals surface area contributed by atoms with Crippen molar-refractivity contribution in [3.05, 3.63) is 81.9 Å². The average molecular weight is 475 g/mol. The average Bonchev–Trinajstić information content (AvgIpc) is 3.31. The lowest BCUT2D eigenvalue weighted by molar-refractivity contribution is -0.113. The summed E-state index contributed by atoms with van der Waals surface area (Å²) < 4.78 is 16.8. The van der Waals surface area contributed by atoms with E-state index in [-0.39, 0.29) is 23.3 Å². The van der Waals surface area contributed by atoms with Crippen LogP contribution in [0.5, 0.6) is 11.5 Å². The number of nitrogens with zero attached hydrogens (tertiary/aromatic N) is 1. The molecule has 2 aromatic carbocycles. The maximum absolute atomic E-state index is 12.9. The fraction of sp³-hybridized carbons (Fsp3) is 0.0909. The van der Waals surface area contributed by atoms with Crippen molar-refractivity contribution in [3.63, 3.8) is 0 Å². The second-order valence-electron chi connectivity index (χ2n) is 6.44. The van der Waals surface area contributed by atoms with E-state index in [4.69, 9.17) is 49.3 Å². The number of nitrogens with one attached hydrogen (secondary N) is 1. The Morgan fingerprint density at radius 3 is 2.58 bits per heavy atom. The van der Waals surface area contributed by atoms with Gasteiger partial charge < -0.3 is 19.2 Å². The first-order chi connectivity index (χ1) is 15.0. The first-order valence-corrected chi connectivity index (χ1v) is 10.3. The Hall–Kier alpha value is -3.00. The molecule has 9 heteroatoms. The van der Waals surface area contributed by atoms with Gasteiger partial charge in [-0.1, -0.05) is 41.4 Å². The largest absolute Gasteiger partial charge is 0.495 e. The molecule has 4 rings (SSSR count).